The Morgan fingerprint density at radius 3 is 1.67 bits per heavy atom. The zero-order chi connectivity index (χ0) is 3.58. The maximum atomic E-state index is 7.72. The Kier molecular flexibility index (Phi) is 24.6. The van der Waals surface area contributed by atoms with E-state index in [0.717, 1.165) is 0 Å². The molecule has 0 spiro atoms. The van der Waals surface area contributed by atoms with E-state index in [2.05, 4.69) is 0 Å². The summed E-state index contributed by atoms with van der Waals surface area (Å²) in [5, 5.41) is 7.72. The molecule has 0 fully saturated rings. The number of hydrogen-bond donors (Lipinski definition) is 1. The molecule has 2 N–H and O–H groups in total. The molecule has 0 aliphatic heterocycles. The first-order valence-electron chi connectivity index (χ1n) is 1.12. The summed E-state index contributed by atoms with van der Waals surface area (Å²) >= 11 is 0. The molecule has 1 unspecified atom stereocenters. The van der Waals surface area contributed by atoms with Gasteiger partial charge in [-0.05, 0) is 6.23 Å². The number of nitrogens with one attached hydrogen (secondary N) is 1. The van der Waals surface area contributed by atoms with Crippen LogP contribution in [0.3, 0.4) is 0 Å². The van der Waals surface area contributed by atoms with Gasteiger partial charge in [0.25, 0.3) is 0 Å². The van der Waals surface area contributed by atoms with E-state index in [9.17, 15) is 0 Å². The van der Waals surface area contributed by atoms with Crippen LogP contribution in [0, 0.1) is 0 Å². The maximum Gasteiger partial charge on any atom is 1.00 e. The van der Waals surface area contributed by atoms with Gasteiger partial charge in [0, 0.05) is 17.1 Å². The fourth-order valence-corrected chi connectivity index (χ4v) is 0. The Balaban J connectivity index is -0.0000000450. The van der Waals surface area contributed by atoms with Crippen LogP contribution in [0.2, 0.25) is 0 Å². The minimum atomic E-state index is -0.917. The van der Waals surface area contributed by atoms with Crippen LogP contribution in [0.25, 0.3) is 5.73 Å². The van der Waals surface area contributed by atoms with Crippen LogP contribution < -0.4 is 0 Å². The van der Waals surface area contributed by atoms with Gasteiger partial charge in [-0.15, -0.1) is 0 Å². The summed E-state index contributed by atoms with van der Waals surface area (Å²) < 4.78 is 0. The molecule has 1 atom stereocenters. The maximum absolute atomic E-state index is 7.72. The van der Waals surface area contributed by atoms with E-state index in [1.54, 1.807) is 0 Å². The zero-order valence-corrected chi connectivity index (χ0v) is 5.01. The van der Waals surface area contributed by atoms with E-state index in [1.807, 2.05) is 0 Å². The predicted octanol–water partition coefficient (Wildman–Crippen LogP) is 0.372. The second kappa shape index (κ2) is 9.35. The molecule has 0 aromatic rings. The molecule has 1 radical (unpaired) electrons. The van der Waals surface area contributed by atoms with Gasteiger partial charge in [-0.3, -0.25) is 0 Å². The van der Waals surface area contributed by atoms with Gasteiger partial charge < -0.3 is 10.8 Å². The standard InChI is InChI=1S/C2H6NO.2Cu/c1-2(3)4;;/h2-4H,1H3;;/q-1;;+1. The van der Waals surface area contributed by atoms with Crippen molar-refractivity contribution in [3.8, 4) is 0 Å². The minimum absolute atomic E-state index is 0. The van der Waals surface area contributed by atoms with Crippen molar-refractivity contribution < 1.29 is 39.2 Å². The molecular formula is C2H6Cu2NO. The Morgan fingerprint density at radius 2 is 1.67 bits per heavy atom. The number of aliphatic hydroxyl groups excluding tert-OH is 1. The van der Waals surface area contributed by atoms with Crippen molar-refractivity contribution in [3.63, 3.8) is 0 Å². The van der Waals surface area contributed by atoms with E-state index >= 15 is 0 Å². The summed E-state index contributed by atoms with van der Waals surface area (Å²) in [4.78, 5) is 0. The molecule has 0 saturated heterocycles. The van der Waals surface area contributed by atoms with Gasteiger partial charge in [-0.25, -0.2) is 0 Å². The Morgan fingerprint density at radius 1 is 1.67 bits per heavy atom. The van der Waals surface area contributed by atoms with E-state index < -0.39 is 6.23 Å². The predicted molar refractivity (Wildman–Crippen MR) is 16.0 cm³/mol. The number of rotatable bonds is 0. The molecule has 6 heavy (non-hydrogen) atoms. The Labute approximate surface area is 58.4 Å². The third kappa shape index (κ3) is 84.5. The zero-order valence-electron chi connectivity index (χ0n) is 3.13. The topological polar surface area (TPSA) is 44.0 Å². The fraction of sp³-hybridized carbons (Fsp3) is 1.00. The van der Waals surface area contributed by atoms with Crippen LogP contribution in [0.5, 0.6) is 0 Å². The van der Waals surface area contributed by atoms with Crippen molar-refractivity contribution in [1.29, 1.82) is 0 Å². The molecule has 4 heteroatoms. The van der Waals surface area contributed by atoms with Gasteiger partial charge in [-0.2, -0.15) is 0 Å². The number of aliphatic hydroxyl groups is 1. The van der Waals surface area contributed by atoms with Crippen LogP contribution in [0.1, 0.15) is 6.92 Å². The smallest absolute Gasteiger partial charge is 0.652 e. The van der Waals surface area contributed by atoms with E-state index in [0.29, 0.717) is 0 Å². The molecule has 0 amide bonds. The summed E-state index contributed by atoms with van der Waals surface area (Å²) in [6.07, 6.45) is -0.917. The average molecular weight is 187 g/mol. The van der Waals surface area contributed by atoms with Crippen LogP contribution >= 0.6 is 0 Å². The van der Waals surface area contributed by atoms with Crippen molar-refractivity contribution in [1.82, 2.24) is 0 Å². The first kappa shape index (κ1) is 15.8. The summed E-state index contributed by atoms with van der Waals surface area (Å²) in [7, 11) is 0. The molecule has 0 aromatic heterocycles. The first-order valence-corrected chi connectivity index (χ1v) is 1.12. The normalized spacial score (nSPS) is 10.5. The van der Waals surface area contributed by atoms with Crippen molar-refractivity contribution in [2.24, 2.45) is 0 Å². The quantitative estimate of drug-likeness (QED) is 0.547. The molecule has 0 saturated carbocycles. The fourth-order valence-electron chi connectivity index (χ4n) is 0. The molecule has 0 aromatic carbocycles. The molecule has 0 aliphatic rings. The molecule has 0 bridgehead atoms. The summed E-state index contributed by atoms with van der Waals surface area (Å²) in [6.45, 7) is 1.39. The van der Waals surface area contributed by atoms with E-state index in [1.165, 1.54) is 6.92 Å². The molecular weight excluding hydrogens is 181 g/mol. The van der Waals surface area contributed by atoms with E-state index in [-0.39, 0.29) is 34.1 Å². The van der Waals surface area contributed by atoms with Crippen molar-refractivity contribution >= 4 is 0 Å². The third-order valence-corrected chi connectivity index (χ3v) is 0. The number of hydrogen-bond acceptors (Lipinski definition) is 1. The SMILES string of the molecule is CC([NH-])O.[Cu+].[Cu]. The van der Waals surface area contributed by atoms with E-state index in [4.69, 9.17) is 10.8 Å². The van der Waals surface area contributed by atoms with Gasteiger partial charge in [0.2, 0.25) is 0 Å². The van der Waals surface area contributed by atoms with Gasteiger partial charge in [-0.1, -0.05) is 6.92 Å². The Hall–Kier alpha value is 0.959. The molecule has 2 nitrogen and oxygen atoms in total. The van der Waals surface area contributed by atoms with Gasteiger partial charge in [0.1, 0.15) is 0 Å². The van der Waals surface area contributed by atoms with Crippen molar-refractivity contribution in [2.75, 3.05) is 0 Å². The largest absolute Gasteiger partial charge is 1.00 e. The van der Waals surface area contributed by atoms with Crippen molar-refractivity contribution in [2.45, 2.75) is 13.2 Å². The van der Waals surface area contributed by atoms with Gasteiger partial charge >= 0.3 is 17.1 Å². The molecule has 0 aliphatic carbocycles. The van der Waals surface area contributed by atoms with Crippen LogP contribution in [-0.4, -0.2) is 11.3 Å². The summed E-state index contributed by atoms with van der Waals surface area (Å²) in [5.74, 6) is 0. The van der Waals surface area contributed by atoms with Gasteiger partial charge in [0.15, 0.2) is 0 Å². The van der Waals surface area contributed by atoms with Crippen molar-refractivity contribution in [3.05, 3.63) is 5.73 Å². The second-order valence-corrected chi connectivity index (χ2v) is 0.676. The summed E-state index contributed by atoms with van der Waals surface area (Å²) in [6, 6.07) is 0. The minimum Gasteiger partial charge on any atom is -0.652 e. The van der Waals surface area contributed by atoms with Crippen LogP contribution in [0.4, 0.5) is 0 Å². The average Bonchev–Trinajstić information content (AvgIpc) is 0.811. The molecule has 47 valence electrons. The summed E-state index contributed by atoms with van der Waals surface area (Å²) in [5.41, 5.74) is 6.14. The second-order valence-electron chi connectivity index (χ2n) is 0.676. The van der Waals surface area contributed by atoms with Gasteiger partial charge in [0.05, 0.1) is 0 Å². The van der Waals surface area contributed by atoms with Crippen LogP contribution in [0.15, 0.2) is 0 Å². The third-order valence-electron chi connectivity index (χ3n) is 0. The molecule has 0 heterocycles. The monoisotopic (exact) mass is 186 g/mol. The molecule has 0 rings (SSSR count). The van der Waals surface area contributed by atoms with Crippen LogP contribution in [-0.2, 0) is 34.1 Å². The Bertz CT molecular complexity index is 16.3. The first-order chi connectivity index (χ1) is 1.73.